The summed E-state index contributed by atoms with van der Waals surface area (Å²) in [5.41, 5.74) is 0. The SMILES string of the molecule is CCNc1nc(Oc2cnn(C(C)C)c2)c2ccsc2n1. The average molecular weight is 303 g/mol. The zero-order valence-electron chi connectivity index (χ0n) is 12.2. The van der Waals surface area contributed by atoms with Crippen LogP contribution in [-0.2, 0) is 0 Å². The zero-order valence-corrected chi connectivity index (χ0v) is 13.0. The van der Waals surface area contributed by atoms with E-state index in [4.69, 9.17) is 4.74 Å². The number of hydrogen-bond donors (Lipinski definition) is 1. The summed E-state index contributed by atoms with van der Waals surface area (Å²) >= 11 is 1.57. The van der Waals surface area contributed by atoms with Crippen LogP contribution in [-0.4, -0.2) is 26.3 Å². The number of hydrogen-bond acceptors (Lipinski definition) is 6. The molecule has 3 rings (SSSR count). The quantitative estimate of drug-likeness (QED) is 0.778. The maximum atomic E-state index is 5.90. The van der Waals surface area contributed by atoms with Gasteiger partial charge < -0.3 is 10.1 Å². The molecular weight excluding hydrogens is 286 g/mol. The Morgan fingerprint density at radius 2 is 2.24 bits per heavy atom. The second-order valence-electron chi connectivity index (χ2n) is 4.87. The Morgan fingerprint density at radius 3 is 2.95 bits per heavy atom. The normalized spacial score (nSPS) is 11.2. The van der Waals surface area contributed by atoms with E-state index in [1.807, 2.05) is 29.2 Å². The van der Waals surface area contributed by atoms with Crippen molar-refractivity contribution in [1.29, 1.82) is 0 Å². The van der Waals surface area contributed by atoms with Crippen LogP contribution in [0.25, 0.3) is 10.2 Å². The minimum atomic E-state index is 0.297. The van der Waals surface area contributed by atoms with Crippen molar-refractivity contribution < 1.29 is 4.74 Å². The molecule has 3 heterocycles. The highest BCUT2D eigenvalue weighted by Crippen LogP contribution is 2.31. The lowest BCUT2D eigenvalue weighted by Gasteiger charge is -2.07. The fraction of sp³-hybridized carbons (Fsp3) is 0.357. The van der Waals surface area contributed by atoms with E-state index >= 15 is 0 Å². The van der Waals surface area contributed by atoms with Crippen LogP contribution in [0.3, 0.4) is 0 Å². The molecule has 7 heteroatoms. The van der Waals surface area contributed by atoms with Gasteiger partial charge in [0.15, 0.2) is 5.75 Å². The first-order chi connectivity index (χ1) is 10.2. The minimum absolute atomic E-state index is 0.297. The van der Waals surface area contributed by atoms with Crippen molar-refractivity contribution in [2.24, 2.45) is 0 Å². The van der Waals surface area contributed by atoms with Crippen LogP contribution in [0, 0.1) is 0 Å². The zero-order chi connectivity index (χ0) is 14.8. The Kier molecular flexibility index (Phi) is 3.74. The van der Waals surface area contributed by atoms with E-state index in [0.29, 0.717) is 23.6 Å². The molecule has 0 saturated heterocycles. The Labute approximate surface area is 126 Å². The van der Waals surface area contributed by atoms with Crippen LogP contribution in [0.4, 0.5) is 5.95 Å². The summed E-state index contributed by atoms with van der Waals surface area (Å²) < 4.78 is 7.75. The molecule has 0 atom stereocenters. The van der Waals surface area contributed by atoms with Gasteiger partial charge in [-0.15, -0.1) is 11.3 Å². The molecule has 0 bridgehead atoms. The van der Waals surface area contributed by atoms with Crippen molar-refractivity contribution in [3.05, 3.63) is 23.8 Å². The minimum Gasteiger partial charge on any atom is -0.435 e. The fourth-order valence-corrected chi connectivity index (χ4v) is 2.67. The third kappa shape index (κ3) is 2.82. The molecule has 0 amide bonds. The van der Waals surface area contributed by atoms with Gasteiger partial charge in [-0.05, 0) is 32.2 Å². The van der Waals surface area contributed by atoms with Crippen LogP contribution in [0.5, 0.6) is 11.6 Å². The molecule has 0 spiro atoms. The number of rotatable bonds is 5. The van der Waals surface area contributed by atoms with E-state index in [1.54, 1.807) is 17.5 Å². The number of ether oxygens (including phenoxy) is 1. The van der Waals surface area contributed by atoms with Crippen molar-refractivity contribution in [3.63, 3.8) is 0 Å². The Bertz CT molecular complexity index is 749. The van der Waals surface area contributed by atoms with Gasteiger partial charge in [0.05, 0.1) is 17.8 Å². The predicted octanol–water partition coefficient (Wildman–Crippen LogP) is 3.69. The summed E-state index contributed by atoms with van der Waals surface area (Å²) in [5.74, 6) is 1.82. The van der Waals surface area contributed by atoms with E-state index in [0.717, 1.165) is 16.8 Å². The van der Waals surface area contributed by atoms with Crippen LogP contribution >= 0.6 is 11.3 Å². The monoisotopic (exact) mass is 303 g/mol. The lowest BCUT2D eigenvalue weighted by Crippen LogP contribution is -2.03. The summed E-state index contributed by atoms with van der Waals surface area (Å²) in [7, 11) is 0. The summed E-state index contributed by atoms with van der Waals surface area (Å²) in [6, 6.07) is 2.27. The summed E-state index contributed by atoms with van der Waals surface area (Å²) in [5, 5.41) is 10.3. The van der Waals surface area contributed by atoms with Gasteiger partial charge in [-0.1, -0.05) is 0 Å². The fourth-order valence-electron chi connectivity index (χ4n) is 1.91. The lowest BCUT2D eigenvalue weighted by atomic mass is 10.4. The second-order valence-corrected chi connectivity index (χ2v) is 5.77. The van der Waals surface area contributed by atoms with Crippen molar-refractivity contribution in [2.45, 2.75) is 26.8 Å². The number of fused-ring (bicyclic) bond motifs is 1. The first kappa shape index (κ1) is 13.8. The Balaban J connectivity index is 1.96. The summed E-state index contributed by atoms with van der Waals surface area (Å²) in [6.07, 6.45) is 3.57. The predicted molar refractivity (Wildman–Crippen MR) is 84.3 cm³/mol. The number of nitrogens with zero attached hydrogens (tertiary/aromatic N) is 4. The second kappa shape index (κ2) is 5.69. The van der Waals surface area contributed by atoms with E-state index in [-0.39, 0.29) is 0 Å². The molecule has 110 valence electrons. The average Bonchev–Trinajstić information content (AvgIpc) is 3.07. The van der Waals surface area contributed by atoms with Gasteiger partial charge >= 0.3 is 0 Å². The molecule has 0 radical (unpaired) electrons. The highest BCUT2D eigenvalue weighted by atomic mass is 32.1. The molecule has 0 unspecified atom stereocenters. The van der Waals surface area contributed by atoms with Crippen molar-refractivity contribution in [1.82, 2.24) is 19.7 Å². The molecule has 0 saturated carbocycles. The van der Waals surface area contributed by atoms with E-state index in [2.05, 4.69) is 34.2 Å². The van der Waals surface area contributed by atoms with Gasteiger partial charge in [-0.25, -0.2) is 4.98 Å². The number of nitrogens with one attached hydrogen (secondary N) is 1. The molecule has 0 aliphatic rings. The molecule has 21 heavy (non-hydrogen) atoms. The van der Waals surface area contributed by atoms with Gasteiger partial charge in [0.25, 0.3) is 0 Å². The largest absolute Gasteiger partial charge is 0.435 e. The third-order valence-corrected chi connectivity index (χ3v) is 3.75. The van der Waals surface area contributed by atoms with Crippen molar-refractivity contribution >= 4 is 27.5 Å². The summed E-state index contributed by atoms with van der Waals surface area (Å²) in [6.45, 7) is 6.92. The smallest absolute Gasteiger partial charge is 0.233 e. The molecule has 0 aromatic carbocycles. The maximum absolute atomic E-state index is 5.90. The maximum Gasteiger partial charge on any atom is 0.233 e. The summed E-state index contributed by atoms with van der Waals surface area (Å²) in [4.78, 5) is 9.80. The highest BCUT2D eigenvalue weighted by Gasteiger charge is 2.12. The molecule has 3 aromatic heterocycles. The third-order valence-electron chi connectivity index (χ3n) is 2.95. The first-order valence-electron chi connectivity index (χ1n) is 6.88. The topological polar surface area (TPSA) is 64.9 Å². The van der Waals surface area contributed by atoms with Gasteiger partial charge in [0.2, 0.25) is 11.8 Å². The molecule has 3 aromatic rings. The Morgan fingerprint density at radius 1 is 1.38 bits per heavy atom. The number of anilines is 1. The van der Waals surface area contributed by atoms with E-state index in [1.165, 1.54) is 0 Å². The van der Waals surface area contributed by atoms with E-state index in [9.17, 15) is 0 Å². The van der Waals surface area contributed by atoms with Crippen LogP contribution in [0.2, 0.25) is 0 Å². The van der Waals surface area contributed by atoms with Gasteiger partial charge in [-0.3, -0.25) is 4.68 Å². The van der Waals surface area contributed by atoms with E-state index < -0.39 is 0 Å². The highest BCUT2D eigenvalue weighted by molar-refractivity contribution is 7.16. The number of thiophene rings is 1. The molecule has 6 nitrogen and oxygen atoms in total. The standard InChI is InChI=1S/C14H17N5OS/c1-4-15-14-17-12(11-5-6-21-13(11)18-14)20-10-7-16-19(8-10)9(2)3/h5-9H,4H2,1-3H3,(H,15,17,18). The number of aromatic nitrogens is 4. The molecule has 1 N–H and O–H groups in total. The van der Waals surface area contributed by atoms with Gasteiger partial charge in [0.1, 0.15) is 4.83 Å². The Hall–Kier alpha value is -2.15. The van der Waals surface area contributed by atoms with Gasteiger partial charge in [0, 0.05) is 12.6 Å². The van der Waals surface area contributed by atoms with Gasteiger partial charge in [-0.2, -0.15) is 10.1 Å². The van der Waals surface area contributed by atoms with Crippen molar-refractivity contribution in [2.75, 3.05) is 11.9 Å². The van der Waals surface area contributed by atoms with Crippen LogP contribution < -0.4 is 10.1 Å². The first-order valence-corrected chi connectivity index (χ1v) is 7.76. The van der Waals surface area contributed by atoms with Crippen LogP contribution in [0.1, 0.15) is 26.8 Å². The van der Waals surface area contributed by atoms with Crippen molar-refractivity contribution in [3.8, 4) is 11.6 Å². The lowest BCUT2D eigenvalue weighted by molar-refractivity contribution is 0.465. The van der Waals surface area contributed by atoms with Crippen LogP contribution in [0.15, 0.2) is 23.8 Å². The molecular formula is C14H17N5OS. The molecule has 0 aliphatic heterocycles. The molecule has 0 aliphatic carbocycles. The molecule has 0 fully saturated rings.